The lowest BCUT2D eigenvalue weighted by Crippen LogP contribution is -2.56. The summed E-state index contributed by atoms with van der Waals surface area (Å²) in [6.07, 6.45) is -3.35. The zero-order valence-corrected chi connectivity index (χ0v) is 23.6. The molecule has 0 aliphatic carbocycles. The van der Waals surface area contributed by atoms with Gasteiger partial charge in [-0.1, -0.05) is 0 Å². The van der Waals surface area contributed by atoms with Crippen LogP contribution >= 0.6 is 0 Å². The molecule has 14 nitrogen and oxygen atoms in total. The minimum atomic E-state index is -1.73. The maximum atomic E-state index is 14.2. The highest BCUT2D eigenvalue weighted by Gasteiger charge is 2.47. The molecule has 5 atom stereocenters. The summed E-state index contributed by atoms with van der Waals surface area (Å²) in [6, 6.07) is 12.1. The normalized spacial score (nSPS) is 23.6. The standard InChI is InChI=1S/C32H25N5O9/c38-12-20-27(41)28(42)29(43)32(46-20)36-19-10-15(40)2-4-17(19)22-24-23(21-16-3-1-14(39)9-18(16)35-25(21)26(22)36)30(44)37(31(24)45)34-11-13-5-7-33-8-6-13/h1-11,20,27-29,32,35,38-43H,12H2/b34-11+/t20-,27-,28+,29-,32-/m1/s1. The Bertz CT molecular complexity index is 2280. The van der Waals surface area contributed by atoms with Gasteiger partial charge < -0.3 is 44.9 Å². The molecule has 0 unspecified atom stereocenters. The highest BCUT2D eigenvalue weighted by molar-refractivity contribution is 6.39. The van der Waals surface area contributed by atoms with E-state index in [1.165, 1.54) is 35.0 Å². The van der Waals surface area contributed by atoms with Gasteiger partial charge in [0, 0.05) is 46.1 Å². The monoisotopic (exact) mass is 623 g/mol. The number of fused-ring (bicyclic) bond motifs is 10. The first-order valence-electron chi connectivity index (χ1n) is 14.3. The number of hydrogen-bond donors (Lipinski definition) is 7. The molecule has 2 aliphatic heterocycles. The zero-order valence-electron chi connectivity index (χ0n) is 23.6. The molecule has 0 spiro atoms. The van der Waals surface area contributed by atoms with E-state index in [4.69, 9.17) is 4.74 Å². The van der Waals surface area contributed by atoms with E-state index >= 15 is 0 Å². The molecule has 0 radical (unpaired) electrons. The van der Waals surface area contributed by atoms with E-state index < -0.39 is 49.1 Å². The number of benzene rings is 3. The van der Waals surface area contributed by atoms with Crippen molar-refractivity contribution >= 4 is 61.6 Å². The molecule has 8 rings (SSSR count). The van der Waals surface area contributed by atoms with E-state index in [1.54, 1.807) is 36.7 Å². The maximum absolute atomic E-state index is 14.2. The lowest BCUT2D eigenvalue weighted by atomic mass is 9.96. The molecule has 3 aromatic heterocycles. The number of H-pyrrole nitrogens is 1. The summed E-state index contributed by atoms with van der Waals surface area (Å²) in [4.78, 5) is 35.6. The smallest absolute Gasteiger partial charge is 0.283 e. The summed E-state index contributed by atoms with van der Waals surface area (Å²) in [6.45, 7) is -0.683. The number of imide groups is 1. The van der Waals surface area contributed by atoms with Gasteiger partial charge in [0.15, 0.2) is 6.23 Å². The molecule has 0 saturated carbocycles. The summed E-state index contributed by atoms with van der Waals surface area (Å²) in [5.74, 6) is -1.65. The Morgan fingerprint density at radius 2 is 1.54 bits per heavy atom. The lowest BCUT2D eigenvalue weighted by Gasteiger charge is -2.41. The molecule has 0 bridgehead atoms. The Hall–Kier alpha value is -5.38. The number of hydrogen-bond acceptors (Lipinski definition) is 11. The van der Waals surface area contributed by atoms with Crippen LogP contribution in [0.4, 0.5) is 0 Å². The number of aliphatic hydroxyl groups excluding tert-OH is 4. The van der Waals surface area contributed by atoms with Gasteiger partial charge in [-0.2, -0.15) is 10.1 Å². The fourth-order valence-electron chi connectivity index (χ4n) is 6.64. The molecular weight excluding hydrogens is 598 g/mol. The lowest BCUT2D eigenvalue weighted by molar-refractivity contribution is -0.249. The molecular formula is C32H25N5O9. The van der Waals surface area contributed by atoms with Crippen molar-refractivity contribution in [3.63, 3.8) is 0 Å². The van der Waals surface area contributed by atoms with E-state index in [0.29, 0.717) is 32.8 Å². The van der Waals surface area contributed by atoms with Gasteiger partial charge in [-0.3, -0.25) is 14.6 Å². The van der Waals surface area contributed by atoms with Gasteiger partial charge in [0.05, 0.1) is 46.0 Å². The minimum Gasteiger partial charge on any atom is -0.508 e. The van der Waals surface area contributed by atoms with Crippen molar-refractivity contribution in [3.05, 3.63) is 77.6 Å². The predicted octanol–water partition coefficient (Wildman–Crippen LogP) is 1.84. The van der Waals surface area contributed by atoms with Crippen LogP contribution in [-0.2, 0) is 4.74 Å². The molecule has 1 fully saturated rings. The number of aromatic hydroxyl groups is 2. The van der Waals surface area contributed by atoms with Crippen LogP contribution in [0.3, 0.4) is 0 Å². The third kappa shape index (κ3) is 3.82. The topological polar surface area (TPSA) is 214 Å². The number of aromatic nitrogens is 3. The van der Waals surface area contributed by atoms with Crippen molar-refractivity contribution in [2.24, 2.45) is 5.10 Å². The number of carbonyl (C=O) groups excluding carboxylic acids is 2. The third-order valence-corrected chi connectivity index (χ3v) is 8.72. The number of nitrogens with zero attached hydrogens (tertiary/aromatic N) is 4. The van der Waals surface area contributed by atoms with Gasteiger partial charge in [0.2, 0.25) is 0 Å². The molecule has 46 heavy (non-hydrogen) atoms. The van der Waals surface area contributed by atoms with E-state index in [1.807, 2.05) is 0 Å². The number of amides is 2. The number of ether oxygens (including phenoxy) is 1. The van der Waals surface area contributed by atoms with Crippen LogP contribution in [0.15, 0.2) is 66.0 Å². The van der Waals surface area contributed by atoms with Crippen LogP contribution in [0.5, 0.6) is 11.5 Å². The van der Waals surface area contributed by atoms with E-state index in [9.17, 15) is 40.2 Å². The maximum Gasteiger partial charge on any atom is 0.283 e. The van der Waals surface area contributed by atoms with Crippen molar-refractivity contribution in [2.45, 2.75) is 30.6 Å². The number of rotatable bonds is 4. The number of pyridine rings is 1. The highest BCUT2D eigenvalue weighted by Crippen LogP contribution is 2.48. The number of aromatic amines is 1. The Kier molecular flexibility index (Phi) is 6.15. The van der Waals surface area contributed by atoms with Crippen LogP contribution < -0.4 is 0 Å². The number of nitrogens with one attached hydrogen (secondary N) is 1. The molecule has 6 aromatic rings. The van der Waals surface area contributed by atoms with E-state index in [-0.39, 0.29) is 39.0 Å². The molecule has 3 aromatic carbocycles. The minimum absolute atomic E-state index is 0.00684. The van der Waals surface area contributed by atoms with Gasteiger partial charge >= 0.3 is 0 Å². The van der Waals surface area contributed by atoms with Crippen LogP contribution in [0.25, 0.3) is 43.6 Å². The van der Waals surface area contributed by atoms with Gasteiger partial charge in [-0.05, 0) is 42.0 Å². The predicted molar refractivity (Wildman–Crippen MR) is 163 cm³/mol. The van der Waals surface area contributed by atoms with Gasteiger partial charge in [0.1, 0.15) is 35.9 Å². The fourth-order valence-corrected chi connectivity index (χ4v) is 6.64. The Morgan fingerprint density at radius 1 is 0.870 bits per heavy atom. The summed E-state index contributed by atoms with van der Waals surface area (Å²) < 4.78 is 7.44. The van der Waals surface area contributed by atoms with Crippen LogP contribution in [0, 0.1) is 0 Å². The van der Waals surface area contributed by atoms with Crippen LogP contribution in [0.2, 0.25) is 0 Å². The highest BCUT2D eigenvalue weighted by atomic mass is 16.6. The second-order valence-electron chi connectivity index (χ2n) is 11.3. The summed E-state index contributed by atoms with van der Waals surface area (Å²) in [5, 5.41) is 69.8. The SMILES string of the molecule is O=C1c2c(c3c4ccc(O)cc4n([C@@H]4O[C@H](CO)[C@@H](O)[C@H](O)[C@H]4O)c3c3[nH]c4cc(O)ccc4c23)C(=O)N1/N=C/c1ccncc1. The zero-order chi connectivity index (χ0) is 32.0. The van der Waals surface area contributed by atoms with Crippen LogP contribution in [0.1, 0.15) is 32.5 Å². The quantitative estimate of drug-likeness (QED) is 0.112. The molecule has 7 N–H and O–H groups in total. The number of phenols is 2. The number of hydrazone groups is 1. The average molecular weight is 624 g/mol. The van der Waals surface area contributed by atoms with Crippen molar-refractivity contribution in [3.8, 4) is 11.5 Å². The molecule has 2 amide bonds. The Labute approximate surface area is 257 Å². The third-order valence-electron chi connectivity index (χ3n) is 8.72. The molecule has 232 valence electrons. The largest absolute Gasteiger partial charge is 0.508 e. The molecule has 2 aliphatic rings. The van der Waals surface area contributed by atoms with Crippen molar-refractivity contribution in [2.75, 3.05) is 6.61 Å². The second-order valence-corrected chi connectivity index (χ2v) is 11.3. The summed E-state index contributed by atoms with van der Waals surface area (Å²) in [5.41, 5.74) is 1.93. The van der Waals surface area contributed by atoms with Crippen molar-refractivity contribution in [1.82, 2.24) is 19.5 Å². The molecule has 5 heterocycles. The Balaban J connectivity index is 1.50. The fraction of sp³-hybridized carbons (Fsp3) is 0.188. The molecule has 14 heteroatoms. The number of aliphatic hydroxyl groups is 4. The first kappa shape index (κ1) is 28.1. The van der Waals surface area contributed by atoms with E-state index in [0.717, 1.165) is 5.01 Å². The first-order chi connectivity index (χ1) is 22.2. The summed E-state index contributed by atoms with van der Waals surface area (Å²) >= 11 is 0. The Morgan fingerprint density at radius 3 is 2.26 bits per heavy atom. The average Bonchev–Trinajstić information content (AvgIpc) is 3.66. The summed E-state index contributed by atoms with van der Waals surface area (Å²) in [7, 11) is 0. The second kappa shape index (κ2) is 10.1. The van der Waals surface area contributed by atoms with Gasteiger partial charge in [-0.25, -0.2) is 0 Å². The van der Waals surface area contributed by atoms with E-state index in [2.05, 4.69) is 15.1 Å². The van der Waals surface area contributed by atoms with Gasteiger partial charge in [0.25, 0.3) is 11.8 Å². The number of phenolic OH excluding ortho intramolecular Hbond substituents is 2. The van der Waals surface area contributed by atoms with Crippen LogP contribution in [-0.4, -0.2) is 99.2 Å². The first-order valence-corrected chi connectivity index (χ1v) is 14.3. The van der Waals surface area contributed by atoms with Gasteiger partial charge in [-0.15, -0.1) is 0 Å². The van der Waals surface area contributed by atoms with Crippen molar-refractivity contribution in [1.29, 1.82) is 0 Å². The number of carbonyl (C=O) groups is 2. The van der Waals surface area contributed by atoms with Crippen molar-refractivity contribution < 1.29 is 45.0 Å². The molecule has 1 saturated heterocycles.